The summed E-state index contributed by atoms with van der Waals surface area (Å²) >= 11 is 0. The Morgan fingerprint density at radius 3 is 2.78 bits per heavy atom. The second-order valence-corrected chi connectivity index (χ2v) is 5.18. The second kappa shape index (κ2) is 5.01. The molecule has 1 aromatic rings. The lowest BCUT2D eigenvalue weighted by Crippen LogP contribution is -2.42. The number of carbonyl (C=O) groups excluding carboxylic acids is 1. The second-order valence-electron chi connectivity index (χ2n) is 5.18. The molecule has 0 saturated heterocycles. The van der Waals surface area contributed by atoms with Crippen LogP contribution in [-0.2, 0) is 0 Å². The lowest BCUT2D eigenvalue weighted by atomic mass is 10.0. The number of benzene rings is 1. The molecule has 1 heterocycles. The van der Waals surface area contributed by atoms with Crippen molar-refractivity contribution in [3.63, 3.8) is 0 Å². The highest BCUT2D eigenvalue weighted by Gasteiger charge is 2.27. The third-order valence-electron chi connectivity index (χ3n) is 3.51. The highest BCUT2D eigenvalue weighted by atomic mass is 16.5. The van der Waals surface area contributed by atoms with Gasteiger partial charge in [0.1, 0.15) is 11.9 Å². The third kappa shape index (κ3) is 2.35. The Bertz CT molecular complexity index is 454. The van der Waals surface area contributed by atoms with Crippen LogP contribution in [0.1, 0.15) is 38.1 Å². The van der Waals surface area contributed by atoms with E-state index in [1.54, 1.807) is 6.92 Å². The predicted molar refractivity (Wildman–Crippen MR) is 73.6 cm³/mol. The standard InChI is InChI=1S/C15H21NO2/c1-5-16-9-15(10(2)3)18-14-7-6-12(11(4)17)8-13(14)16/h6-8,10,15H,5,9H2,1-4H3. The molecule has 0 saturated carbocycles. The van der Waals surface area contributed by atoms with Gasteiger partial charge in [0.2, 0.25) is 0 Å². The fourth-order valence-corrected chi connectivity index (χ4v) is 2.25. The number of rotatable bonds is 3. The summed E-state index contributed by atoms with van der Waals surface area (Å²) < 4.78 is 6.01. The smallest absolute Gasteiger partial charge is 0.159 e. The Kier molecular flexibility index (Phi) is 3.60. The van der Waals surface area contributed by atoms with Crippen LogP contribution in [0.5, 0.6) is 5.75 Å². The molecule has 1 unspecified atom stereocenters. The number of anilines is 1. The number of Topliss-reactive ketones (excluding diaryl/α,β-unsaturated/α-hetero) is 1. The quantitative estimate of drug-likeness (QED) is 0.768. The third-order valence-corrected chi connectivity index (χ3v) is 3.51. The van der Waals surface area contributed by atoms with Gasteiger partial charge in [-0.15, -0.1) is 0 Å². The van der Waals surface area contributed by atoms with Crippen LogP contribution >= 0.6 is 0 Å². The Balaban J connectivity index is 2.38. The Hall–Kier alpha value is -1.51. The highest BCUT2D eigenvalue weighted by molar-refractivity contribution is 5.95. The molecule has 2 rings (SSSR count). The first kappa shape index (κ1) is 12.9. The lowest BCUT2D eigenvalue weighted by molar-refractivity contribution is 0.101. The van der Waals surface area contributed by atoms with Crippen LogP contribution in [0, 0.1) is 5.92 Å². The van der Waals surface area contributed by atoms with E-state index in [0.29, 0.717) is 5.92 Å². The molecule has 98 valence electrons. The molecule has 1 aliphatic heterocycles. The summed E-state index contributed by atoms with van der Waals surface area (Å²) in [5.41, 5.74) is 1.79. The summed E-state index contributed by atoms with van der Waals surface area (Å²) in [6.45, 7) is 9.90. The van der Waals surface area contributed by atoms with E-state index in [0.717, 1.165) is 30.1 Å². The normalized spacial score (nSPS) is 18.5. The fourth-order valence-electron chi connectivity index (χ4n) is 2.25. The molecule has 1 aromatic carbocycles. The van der Waals surface area contributed by atoms with Gasteiger partial charge in [-0.1, -0.05) is 13.8 Å². The number of fused-ring (bicyclic) bond motifs is 1. The van der Waals surface area contributed by atoms with Crippen LogP contribution in [0.25, 0.3) is 0 Å². The number of ketones is 1. The zero-order valence-electron chi connectivity index (χ0n) is 11.6. The zero-order chi connectivity index (χ0) is 13.3. The van der Waals surface area contributed by atoms with E-state index in [1.807, 2.05) is 18.2 Å². The number of hydrogen-bond donors (Lipinski definition) is 0. The molecule has 0 bridgehead atoms. The van der Waals surface area contributed by atoms with Crippen molar-refractivity contribution in [2.45, 2.75) is 33.8 Å². The number of nitrogens with zero attached hydrogens (tertiary/aromatic N) is 1. The van der Waals surface area contributed by atoms with Crippen molar-refractivity contribution in [1.29, 1.82) is 0 Å². The van der Waals surface area contributed by atoms with Crippen molar-refractivity contribution in [3.8, 4) is 5.75 Å². The van der Waals surface area contributed by atoms with Gasteiger partial charge in [0.15, 0.2) is 5.78 Å². The fraction of sp³-hybridized carbons (Fsp3) is 0.533. The van der Waals surface area contributed by atoms with Gasteiger partial charge in [-0.05, 0) is 38.0 Å². The number of likely N-dealkylation sites (N-methyl/N-ethyl adjacent to an activating group) is 1. The predicted octanol–water partition coefficient (Wildman–Crippen LogP) is 3.13. The molecule has 18 heavy (non-hydrogen) atoms. The lowest BCUT2D eigenvalue weighted by Gasteiger charge is -2.37. The average Bonchev–Trinajstić information content (AvgIpc) is 2.36. The Morgan fingerprint density at radius 2 is 2.22 bits per heavy atom. The zero-order valence-corrected chi connectivity index (χ0v) is 11.6. The molecule has 0 amide bonds. The van der Waals surface area contributed by atoms with Crippen molar-refractivity contribution in [2.24, 2.45) is 5.92 Å². The van der Waals surface area contributed by atoms with E-state index in [4.69, 9.17) is 4.74 Å². The maximum absolute atomic E-state index is 11.4. The average molecular weight is 247 g/mol. The van der Waals surface area contributed by atoms with Crippen molar-refractivity contribution in [2.75, 3.05) is 18.0 Å². The Morgan fingerprint density at radius 1 is 1.50 bits per heavy atom. The van der Waals surface area contributed by atoms with Gasteiger partial charge < -0.3 is 9.64 Å². The summed E-state index contributed by atoms with van der Waals surface area (Å²) in [4.78, 5) is 13.7. The molecule has 0 radical (unpaired) electrons. The summed E-state index contributed by atoms with van der Waals surface area (Å²) in [6, 6.07) is 5.71. The summed E-state index contributed by atoms with van der Waals surface area (Å²) in [5, 5.41) is 0. The van der Waals surface area contributed by atoms with Gasteiger partial charge in [0.25, 0.3) is 0 Å². The highest BCUT2D eigenvalue weighted by Crippen LogP contribution is 2.35. The maximum Gasteiger partial charge on any atom is 0.159 e. The number of carbonyl (C=O) groups is 1. The van der Waals surface area contributed by atoms with E-state index >= 15 is 0 Å². The van der Waals surface area contributed by atoms with E-state index in [2.05, 4.69) is 25.7 Å². The minimum atomic E-state index is 0.0971. The van der Waals surface area contributed by atoms with E-state index in [9.17, 15) is 4.79 Å². The van der Waals surface area contributed by atoms with Gasteiger partial charge in [0.05, 0.1) is 12.2 Å². The number of hydrogen-bond acceptors (Lipinski definition) is 3. The Labute approximate surface area is 109 Å². The van der Waals surface area contributed by atoms with Crippen LogP contribution in [0.4, 0.5) is 5.69 Å². The summed E-state index contributed by atoms with van der Waals surface area (Å²) in [7, 11) is 0. The van der Waals surface area contributed by atoms with Crippen molar-refractivity contribution < 1.29 is 9.53 Å². The van der Waals surface area contributed by atoms with Crippen LogP contribution in [-0.4, -0.2) is 25.0 Å². The minimum Gasteiger partial charge on any atom is -0.486 e. The molecule has 0 fully saturated rings. The van der Waals surface area contributed by atoms with E-state index in [1.165, 1.54) is 0 Å². The summed E-state index contributed by atoms with van der Waals surface area (Å²) in [5.74, 6) is 1.48. The topological polar surface area (TPSA) is 29.5 Å². The van der Waals surface area contributed by atoms with Crippen LogP contribution in [0.3, 0.4) is 0 Å². The van der Waals surface area contributed by atoms with Crippen molar-refractivity contribution in [3.05, 3.63) is 23.8 Å². The van der Waals surface area contributed by atoms with Gasteiger partial charge in [-0.3, -0.25) is 4.79 Å². The van der Waals surface area contributed by atoms with E-state index in [-0.39, 0.29) is 11.9 Å². The first-order valence-corrected chi connectivity index (χ1v) is 6.59. The van der Waals surface area contributed by atoms with Gasteiger partial charge in [0, 0.05) is 12.1 Å². The molecule has 3 heteroatoms. The first-order chi connectivity index (χ1) is 8.52. The SMILES string of the molecule is CCN1CC(C(C)C)Oc2ccc(C(C)=O)cc21. The first-order valence-electron chi connectivity index (χ1n) is 6.59. The van der Waals surface area contributed by atoms with Gasteiger partial charge in [-0.25, -0.2) is 0 Å². The monoisotopic (exact) mass is 247 g/mol. The molecular formula is C15H21NO2. The van der Waals surface area contributed by atoms with Crippen molar-refractivity contribution >= 4 is 11.5 Å². The van der Waals surface area contributed by atoms with Crippen molar-refractivity contribution in [1.82, 2.24) is 0 Å². The molecule has 0 N–H and O–H groups in total. The van der Waals surface area contributed by atoms with E-state index < -0.39 is 0 Å². The summed E-state index contributed by atoms with van der Waals surface area (Å²) in [6.07, 6.45) is 0.223. The maximum atomic E-state index is 11.4. The number of ether oxygens (including phenoxy) is 1. The largest absolute Gasteiger partial charge is 0.486 e. The van der Waals surface area contributed by atoms with Crippen LogP contribution < -0.4 is 9.64 Å². The molecule has 3 nitrogen and oxygen atoms in total. The van der Waals surface area contributed by atoms with Crippen LogP contribution in [0.15, 0.2) is 18.2 Å². The van der Waals surface area contributed by atoms with Crippen LogP contribution in [0.2, 0.25) is 0 Å². The molecule has 1 atom stereocenters. The minimum absolute atomic E-state index is 0.0971. The molecule has 0 aromatic heterocycles. The molecule has 0 spiro atoms. The molecule has 1 aliphatic rings. The van der Waals surface area contributed by atoms with Gasteiger partial charge in [-0.2, -0.15) is 0 Å². The molecule has 0 aliphatic carbocycles. The van der Waals surface area contributed by atoms with Gasteiger partial charge >= 0.3 is 0 Å². The molecular weight excluding hydrogens is 226 g/mol.